The van der Waals surface area contributed by atoms with Gasteiger partial charge in [-0.05, 0) is 24.7 Å². The van der Waals surface area contributed by atoms with E-state index in [0.29, 0.717) is 12.5 Å². The Labute approximate surface area is 98.5 Å². The lowest BCUT2D eigenvalue weighted by Gasteiger charge is -2.27. The van der Waals surface area contributed by atoms with Crippen molar-refractivity contribution in [3.05, 3.63) is 0 Å². The van der Waals surface area contributed by atoms with Gasteiger partial charge in [-0.2, -0.15) is 0 Å². The Morgan fingerprint density at radius 1 is 1.19 bits per heavy atom. The van der Waals surface area contributed by atoms with Gasteiger partial charge in [0, 0.05) is 6.54 Å². The zero-order valence-electron chi connectivity index (χ0n) is 9.98. The van der Waals surface area contributed by atoms with Gasteiger partial charge in [0.05, 0.1) is 12.4 Å². The van der Waals surface area contributed by atoms with Crippen molar-refractivity contribution < 1.29 is 13.5 Å². The first-order valence-corrected chi connectivity index (χ1v) is 7.80. The second-order valence-electron chi connectivity index (χ2n) is 4.69. The largest absolute Gasteiger partial charge is 0.395 e. The van der Waals surface area contributed by atoms with Gasteiger partial charge in [0.1, 0.15) is 0 Å². The van der Waals surface area contributed by atoms with E-state index in [-0.39, 0.29) is 12.4 Å². The first-order valence-electron chi connectivity index (χ1n) is 6.15. The van der Waals surface area contributed by atoms with Gasteiger partial charge in [-0.15, -0.1) is 0 Å². The summed E-state index contributed by atoms with van der Waals surface area (Å²) in [5.74, 6) is 1.14. The molecule has 0 aliphatic heterocycles. The third-order valence-corrected chi connectivity index (χ3v) is 4.82. The van der Waals surface area contributed by atoms with E-state index in [4.69, 9.17) is 5.11 Å². The van der Waals surface area contributed by atoms with Gasteiger partial charge in [0.15, 0.2) is 0 Å². The lowest BCUT2D eigenvalue weighted by molar-refractivity contribution is 0.269. The molecule has 1 saturated carbocycles. The molecule has 96 valence electrons. The molecular weight excluding hydrogens is 226 g/mol. The maximum Gasteiger partial charge on any atom is 0.213 e. The Hall–Kier alpha value is -0.130. The van der Waals surface area contributed by atoms with Crippen LogP contribution in [-0.4, -0.2) is 32.4 Å². The van der Waals surface area contributed by atoms with Gasteiger partial charge in [0.25, 0.3) is 0 Å². The predicted octanol–water partition coefficient (Wildman–Crippen LogP) is 1.11. The average molecular weight is 249 g/mol. The lowest BCUT2D eigenvalue weighted by atomic mass is 9.81. The molecule has 2 N–H and O–H groups in total. The van der Waals surface area contributed by atoms with E-state index in [2.05, 4.69) is 11.6 Å². The van der Waals surface area contributed by atoms with E-state index in [1.807, 2.05) is 0 Å². The number of nitrogens with one attached hydrogen (secondary N) is 1. The quantitative estimate of drug-likeness (QED) is 0.741. The van der Waals surface area contributed by atoms with Crippen molar-refractivity contribution in [3.8, 4) is 0 Å². The summed E-state index contributed by atoms with van der Waals surface area (Å²) in [7, 11) is -3.25. The van der Waals surface area contributed by atoms with Crippen LogP contribution in [0.15, 0.2) is 0 Å². The van der Waals surface area contributed by atoms with Gasteiger partial charge in [-0.3, -0.25) is 0 Å². The summed E-state index contributed by atoms with van der Waals surface area (Å²) in [5, 5.41) is 8.59. The molecule has 4 nitrogen and oxygen atoms in total. The van der Waals surface area contributed by atoms with E-state index >= 15 is 0 Å². The molecule has 0 aromatic carbocycles. The van der Waals surface area contributed by atoms with Crippen LogP contribution >= 0.6 is 0 Å². The molecule has 0 unspecified atom stereocenters. The molecule has 0 spiro atoms. The zero-order chi connectivity index (χ0) is 12.0. The van der Waals surface area contributed by atoms with E-state index in [1.165, 1.54) is 19.3 Å². The van der Waals surface area contributed by atoms with Gasteiger partial charge < -0.3 is 5.11 Å². The topological polar surface area (TPSA) is 66.4 Å². The van der Waals surface area contributed by atoms with E-state index < -0.39 is 10.0 Å². The first-order chi connectivity index (χ1) is 7.57. The molecule has 5 heteroatoms. The van der Waals surface area contributed by atoms with E-state index in [9.17, 15) is 8.42 Å². The van der Waals surface area contributed by atoms with Crippen molar-refractivity contribution in [1.29, 1.82) is 0 Å². The van der Waals surface area contributed by atoms with Crippen LogP contribution in [-0.2, 0) is 10.0 Å². The highest BCUT2D eigenvalue weighted by Crippen LogP contribution is 2.30. The lowest BCUT2D eigenvalue weighted by Crippen LogP contribution is -2.33. The van der Waals surface area contributed by atoms with E-state index in [1.54, 1.807) is 0 Å². The van der Waals surface area contributed by atoms with Crippen LogP contribution in [0, 0.1) is 11.8 Å². The zero-order valence-corrected chi connectivity index (χ0v) is 10.8. The molecular formula is C11H23NO3S. The molecule has 0 atom stereocenters. The third kappa shape index (κ3) is 4.80. The monoisotopic (exact) mass is 249 g/mol. The molecule has 16 heavy (non-hydrogen) atoms. The molecule has 0 amide bonds. The van der Waals surface area contributed by atoms with Crippen LogP contribution in [0.4, 0.5) is 0 Å². The fourth-order valence-corrected chi connectivity index (χ4v) is 3.16. The number of aliphatic hydroxyl groups excluding tert-OH is 1. The molecule has 0 aromatic rings. The Bertz CT molecular complexity index is 282. The fraction of sp³-hybridized carbons (Fsp3) is 1.00. The Morgan fingerprint density at radius 2 is 1.75 bits per heavy atom. The summed E-state index contributed by atoms with van der Waals surface area (Å²) in [5.41, 5.74) is 0. The number of sulfonamides is 1. The van der Waals surface area contributed by atoms with Crippen molar-refractivity contribution in [1.82, 2.24) is 4.72 Å². The molecule has 0 aromatic heterocycles. The third-order valence-electron chi connectivity index (χ3n) is 3.50. The van der Waals surface area contributed by atoms with Crippen molar-refractivity contribution in [2.45, 2.75) is 39.0 Å². The van der Waals surface area contributed by atoms with Gasteiger partial charge in [-0.1, -0.05) is 26.2 Å². The number of rotatable bonds is 6. The number of aliphatic hydroxyl groups is 1. The Kier molecular flexibility index (Phi) is 5.72. The molecule has 1 aliphatic rings. The second kappa shape index (κ2) is 6.57. The molecule has 1 aliphatic carbocycles. The standard InChI is InChI=1S/C11H23NO3S/c1-2-10-3-5-11(6-4-10)9-12-16(14,15)8-7-13/h10-13H,2-9H2,1H3. The molecule has 1 rings (SSSR count). The van der Waals surface area contributed by atoms with E-state index in [0.717, 1.165) is 18.8 Å². The summed E-state index contributed by atoms with van der Waals surface area (Å²) in [6, 6.07) is 0. The van der Waals surface area contributed by atoms with Crippen molar-refractivity contribution in [3.63, 3.8) is 0 Å². The minimum Gasteiger partial charge on any atom is -0.395 e. The molecule has 0 heterocycles. The highest BCUT2D eigenvalue weighted by Gasteiger charge is 2.21. The predicted molar refractivity (Wildman–Crippen MR) is 64.6 cm³/mol. The first kappa shape index (κ1) is 13.9. The molecule has 0 radical (unpaired) electrons. The summed E-state index contributed by atoms with van der Waals surface area (Å²) in [6.07, 6.45) is 5.94. The summed E-state index contributed by atoms with van der Waals surface area (Å²) >= 11 is 0. The highest BCUT2D eigenvalue weighted by atomic mass is 32.2. The Morgan fingerprint density at radius 3 is 2.25 bits per heavy atom. The normalized spacial score (nSPS) is 26.9. The molecule has 0 saturated heterocycles. The maximum atomic E-state index is 11.3. The van der Waals surface area contributed by atoms with Crippen LogP contribution in [0.3, 0.4) is 0 Å². The minimum absolute atomic E-state index is 0.183. The van der Waals surface area contributed by atoms with Crippen LogP contribution in [0.1, 0.15) is 39.0 Å². The van der Waals surface area contributed by atoms with Gasteiger partial charge >= 0.3 is 0 Å². The van der Waals surface area contributed by atoms with Crippen molar-refractivity contribution in [2.75, 3.05) is 18.9 Å². The second-order valence-corrected chi connectivity index (χ2v) is 6.61. The maximum absolute atomic E-state index is 11.3. The highest BCUT2D eigenvalue weighted by molar-refractivity contribution is 7.89. The van der Waals surface area contributed by atoms with Crippen molar-refractivity contribution >= 4 is 10.0 Å². The number of hydrogen-bond donors (Lipinski definition) is 2. The Balaban J connectivity index is 2.24. The SMILES string of the molecule is CCC1CCC(CNS(=O)(=O)CCO)CC1. The van der Waals surface area contributed by atoms with Gasteiger partial charge in [0.2, 0.25) is 10.0 Å². The van der Waals surface area contributed by atoms with Crippen LogP contribution in [0.2, 0.25) is 0 Å². The smallest absolute Gasteiger partial charge is 0.213 e. The fourth-order valence-electron chi connectivity index (χ4n) is 2.28. The molecule has 1 fully saturated rings. The van der Waals surface area contributed by atoms with Crippen LogP contribution in [0.25, 0.3) is 0 Å². The molecule has 0 bridgehead atoms. The van der Waals surface area contributed by atoms with Crippen LogP contribution in [0.5, 0.6) is 0 Å². The summed E-state index contributed by atoms with van der Waals surface area (Å²) in [4.78, 5) is 0. The minimum atomic E-state index is -3.25. The number of hydrogen-bond acceptors (Lipinski definition) is 3. The average Bonchev–Trinajstić information content (AvgIpc) is 2.27. The van der Waals surface area contributed by atoms with Crippen molar-refractivity contribution in [2.24, 2.45) is 11.8 Å². The summed E-state index contributed by atoms with van der Waals surface area (Å²) in [6.45, 7) is 2.45. The van der Waals surface area contributed by atoms with Gasteiger partial charge in [-0.25, -0.2) is 13.1 Å². The van der Waals surface area contributed by atoms with Crippen LogP contribution < -0.4 is 4.72 Å². The summed E-state index contributed by atoms with van der Waals surface area (Å²) < 4.78 is 25.2.